The first-order valence-electron chi connectivity index (χ1n) is 14.9. The highest BCUT2D eigenvalue weighted by Crippen LogP contribution is 2.32. The van der Waals surface area contributed by atoms with Gasteiger partial charge in [0.25, 0.3) is 0 Å². The summed E-state index contributed by atoms with van der Waals surface area (Å²) >= 11 is 0. The highest BCUT2D eigenvalue weighted by molar-refractivity contribution is 5.77. The number of nitrogens with zero attached hydrogens (tertiary/aromatic N) is 6. The molecule has 0 spiro atoms. The fourth-order valence-electron chi connectivity index (χ4n) is 5.52. The number of aliphatic hydroxyl groups excluding tert-OH is 1. The molecule has 2 fully saturated rings. The number of alkyl halides is 1. The fourth-order valence-corrected chi connectivity index (χ4v) is 5.52. The van der Waals surface area contributed by atoms with E-state index in [0.29, 0.717) is 23.3 Å². The van der Waals surface area contributed by atoms with Crippen LogP contribution in [0, 0.1) is 18.3 Å². The molecule has 0 saturated carbocycles. The number of halogens is 1. The first-order valence-corrected chi connectivity index (χ1v) is 14.9. The molecule has 1 aromatic heterocycles. The van der Waals surface area contributed by atoms with Gasteiger partial charge in [-0.1, -0.05) is 19.9 Å². The number of carbonyl (C=O) groups is 2. The van der Waals surface area contributed by atoms with Crippen LogP contribution in [0.15, 0.2) is 42.7 Å². The van der Waals surface area contributed by atoms with Crippen LogP contribution in [0.1, 0.15) is 55.7 Å². The van der Waals surface area contributed by atoms with Gasteiger partial charge >= 0.3 is 0 Å². The number of aryl methyl sites for hydroxylation is 1. The molecule has 11 nitrogen and oxygen atoms in total. The van der Waals surface area contributed by atoms with E-state index in [4.69, 9.17) is 9.84 Å². The Morgan fingerprint density at radius 2 is 1.93 bits per heavy atom. The molecule has 2 aromatic carbocycles. The average molecular weight is 604 g/mol. The number of carbonyl (C=O) groups excluding carboxylic acids is 2. The van der Waals surface area contributed by atoms with Crippen LogP contribution >= 0.6 is 0 Å². The monoisotopic (exact) mass is 603 g/mol. The smallest absolute Gasteiger partial charge is 0.248 e. The van der Waals surface area contributed by atoms with E-state index in [1.165, 1.54) is 16.8 Å². The van der Waals surface area contributed by atoms with E-state index in [2.05, 4.69) is 39.3 Å². The van der Waals surface area contributed by atoms with E-state index in [1.807, 2.05) is 30.9 Å². The molecule has 2 atom stereocenters. The topological polar surface area (TPSA) is 145 Å². The number of aromatic nitrogens is 3. The molecule has 2 aliphatic rings. The number of nitrogens with one attached hydrogen (secondary N) is 1. The Morgan fingerprint density at radius 3 is 2.59 bits per heavy atom. The standard InChI is InChI=1S/C30H32FN7O4.C2H6/c1-19-12-23(3-4-24(19)20-6-9-37(18-40)10-7-20)35-30-34-17-33-29(36-30)21-2-5-26(22(13-21)14-32)42-27-8-11-38(15-25(27)31)28(41)16-39;1-2/h2-5,12-13,17-18,20,25,27,39H,6-11,15-16H2,1H3,(H,33,34,35,36);1-2H3/t25-,27+;/m1./s1. The lowest BCUT2D eigenvalue weighted by Crippen LogP contribution is -2.50. The molecule has 44 heavy (non-hydrogen) atoms. The molecule has 3 aromatic rings. The first-order chi connectivity index (χ1) is 21.4. The first kappa shape index (κ1) is 32.3. The van der Waals surface area contributed by atoms with Crippen LogP contribution in [-0.2, 0) is 9.59 Å². The van der Waals surface area contributed by atoms with E-state index < -0.39 is 24.8 Å². The second-order valence-corrected chi connectivity index (χ2v) is 10.5. The van der Waals surface area contributed by atoms with Gasteiger partial charge in [0.05, 0.1) is 12.1 Å². The van der Waals surface area contributed by atoms with Crippen molar-refractivity contribution in [2.75, 3.05) is 38.1 Å². The molecule has 2 aliphatic heterocycles. The maximum Gasteiger partial charge on any atom is 0.248 e. The molecular weight excluding hydrogens is 565 g/mol. The minimum Gasteiger partial charge on any atom is -0.486 e. The molecule has 2 N–H and O–H groups in total. The molecule has 0 unspecified atom stereocenters. The number of hydrogen-bond acceptors (Lipinski definition) is 9. The van der Waals surface area contributed by atoms with E-state index in [9.17, 15) is 19.2 Å². The van der Waals surface area contributed by atoms with Gasteiger partial charge in [-0.3, -0.25) is 9.59 Å². The van der Waals surface area contributed by atoms with Gasteiger partial charge in [-0.05, 0) is 67.1 Å². The number of hydrogen-bond donors (Lipinski definition) is 2. The van der Waals surface area contributed by atoms with Gasteiger partial charge in [-0.2, -0.15) is 10.2 Å². The molecule has 0 radical (unpaired) electrons. The summed E-state index contributed by atoms with van der Waals surface area (Å²) in [6.45, 7) is 7.03. The van der Waals surface area contributed by atoms with Crippen molar-refractivity contribution in [3.8, 4) is 23.2 Å². The molecule has 232 valence electrons. The van der Waals surface area contributed by atoms with Gasteiger partial charge in [0.2, 0.25) is 18.3 Å². The zero-order valence-corrected chi connectivity index (χ0v) is 25.2. The number of aliphatic hydroxyl groups is 1. The lowest BCUT2D eigenvalue weighted by molar-refractivity contribution is -0.138. The van der Waals surface area contributed by atoms with Gasteiger partial charge in [-0.15, -0.1) is 0 Å². The Balaban J connectivity index is 0.00000216. The Bertz CT molecular complexity index is 1490. The van der Waals surface area contributed by atoms with Crippen molar-refractivity contribution in [2.45, 2.75) is 58.2 Å². The quantitative estimate of drug-likeness (QED) is 0.363. The summed E-state index contributed by atoms with van der Waals surface area (Å²) in [5, 5.41) is 22.0. The summed E-state index contributed by atoms with van der Waals surface area (Å²) in [4.78, 5) is 38.8. The summed E-state index contributed by atoms with van der Waals surface area (Å²) in [5.74, 6) is 0.818. The van der Waals surface area contributed by atoms with Gasteiger partial charge in [0.1, 0.15) is 30.9 Å². The highest BCUT2D eigenvalue weighted by Gasteiger charge is 2.33. The van der Waals surface area contributed by atoms with Crippen LogP contribution in [0.5, 0.6) is 5.75 Å². The normalized spacial score (nSPS) is 18.5. The molecule has 12 heteroatoms. The van der Waals surface area contributed by atoms with Crippen molar-refractivity contribution in [3.63, 3.8) is 0 Å². The number of benzene rings is 2. The minimum atomic E-state index is -1.45. The number of piperidine rings is 2. The van der Waals surface area contributed by atoms with E-state index in [-0.39, 0.29) is 30.8 Å². The van der Waals surface area contributed by atoms with E-state index in [0.717, 1.165) is 43.6 Å². The Kier molecular flexibility index (Phi) is 11.2. The molecule has 2 saturated heterocycles. The zero-order valence-electron chi connectivity index (χ0n) is 25.2. The second-order valence-electron chi connectivity index (χ2n) is 10.5. The van der Waals surface area contributed by atoms with Gasteiger partial charge in [-0.25, -0.2) is 14.4 Å². The van der Waals surface area contributed by atoms with Crippen molar-refractivity contribution < 1.29 is 23.8 Å². The minimum absolute atomic E-state index is 0.173. The van der Waals surface area contributed by atoms with Crippen LogP contribution in [0.25, 0.3) is 11.4 Å². The maximum atomic E-state index is 14.7. The summed E-state index contributed by atoms with van der Waals surface area (Å²) in [6.07, 6.45) is 2.15. The van der Waals surface area contributed by atoms with Crippen LogP contribution in [0.3, 0.4) is 0 Å². The van der Waals surface area contributed by atoms with Crippen molar-refractivity contribution in [2.24, 2.45) is 0 Å². The Labute approximate surface area is 256 Å². The molecule has 2 amide bonds. The van der Waals surface area contributed by atoms with Crippen molar-refractivity contribution >= 4 is 24.0 Å². The lowest BCUT2D eigenvalue weighted by Gasteiger charge is -2.34. The molecule has 5 rings (SSSR count). The predicted octanol–water partition coefficient (Wildman–Crippen LogP) is 4.13. The number of likely N-dealkylation sites (tertiary alicyclic amines) is 2. The van der Waals surface area contributed by atoms with Crippen molar-refractivity contribution in [1.82, 2.24) is 24.8 Å². The number of amides is 2. The molecule has 0 bridgehead atoms. The average Bonchev–Trinajstić information content (AvgIpc) is 3.06. The third-order valence-electron chi connectivity index (χ3n) is 7.82. The van der Waals surface area contributed by atoms with Crippen molar-refractivity contribution in [3.05, 3.63) is 59.4 Å². The molecular formula is C32H38FN7O4. The third-order valence-corrected chi connectivity index (χ3v) is 7.82. The number of rotatable bonds is 8. The number of ether oxygens (including phenoxy) is 1. The third kappa shape index (κ3) is 7.65. The largest absolute Gasteiger partial charge is 0.486 e. The van der Waals surface area contributed by atoms with Crippen LogP contribution < -0.4 is 10.1 Å². The highest BCUT2D eigenvalue weighted by atomic mass is 19.1. The van der Waals surface area contributed by atoms with Gasteiger partial charge in [0, 0.05) is 37.3 Å². The summed E-state index contributed by atoms with van der Waals surface area (Å²) in [7, 11) is 0. The van der Waals surface area contributed by atoms with Gasteiger partial charge < -0.3 is 25.0 Å². The fraction of sp³-hybridized carbons (Fsp3) is 0.438. The van der Waals surface area contributed by atoms with E-state index >= 15 is 0 Å². The second kappa shape index (κ2) is 15.2. The maximum absolute atomic E-state index is 14.7. The SMILES string of the molecule is CC.Cc1cc(Nc2ncnc(-c3ccc(O[C@H]4CCN(C(=O)CO)C[C@H]4F)c(C#N)c3)n2)ccc1C1CCN(C=O)CC1. The van der Waals surface area contributed by atoms with E-state index in [1.54, 1.807) is 18.2 Å². The van der Waals surface area contributed by atoms with Gasteiger partial charge in [0.15, 0.2) is 12.0 Å². The van der Waals surface area contributed by atoms with Crippen LogP contribution in [0.4, 0.5) is 16.0 Å². The van der Waals surface area contributed by atoms with Crippen molar-refractivity contribution in [1.29, 1.82) is 5.26 Å². The number of nitriles is 1. The number of anilines is 2. The predicted molar refractivity (Wildman–Crippen MR) is 163 cm³/mol. The summed E-state index contributed by atoms with van der Waals surface area (Å²) < 4.78 is 20.6. The van der Waals surface area contributed by atoms with Crippen LogP contribution in [0.2, 0.25) is 0 Å². The van der Waals surface area contributed by atoms with Crippen LogP contribution in [-0.4, -0.2) is 87.2 Å². The molecule has 3 heterocycles. The Hall–Kier alpha value is -4.63. The molecule has 0 aliphatic carbocycles. The summed E-state index contributed by atoms with van der Waals surface area (Å²) in [5.41, 5.74) is 4.02. The lowest BCUT2D eigenvalue weighted by atomic mass is 9.87. The Morgan fingerprint density at radius 1 is 1.16 bits per heavy atom. The zero-order chi connectivity index (χ0) is 31.6. The summed E-state index contributed by atoms with van der Waals surface area (Å²) in [6, 6.07) is 13.1.